The number of hydrogen-bond acceptors (Lipinski definition) is 5. The molecular weight excluding hydrogens is 689 g/mol. The fourth-order valence-electron chi connectivity index (χ4n) is 6.61. The number of nitrogens with zero attached hydrogens (tertiary/aromatic N) is 1. The number of pyridine rings is 1. The molecule has 6 nitrogen and oxygen atoms in total. The van der Waals surface area contributed by atoms with Gasteiger partial charge in [-0.05, 0) is 55.2 Å². The molecule has 2 unspecified atom stereocenters. The number of carbonyl (C=O) groups is 1. The molecule has 9 heteroatoms. The lowest BCUT2D eigenvalue weighted by Crippen LogP contribution is -2.68. The maximum absolute atomic E-state index is 14.0. The van der Waals surface area contributed by atoms with Gasteiger partial charge in [-0.25, -0.2) is 4.39 Å². The second kappa shape index (κ2) is 17.3. The minimum Gasteiger partial charge on any atom is -0.481 e. The van der Waals surface area contributed by atoms with E-state index < -0.39 is 28.4 Å². The number of carboxylic acid groups (broad SMARTS) is 1. The number of carboxylic acids is 1. The fourth-order valence-corrected chi connectivity index (χ4v) is 12.3. The molecule has 0 saturated heterocycles. The molecule has 0 aliphatic rings. The van der Waals surface area contributed by atoms with Crippen molar-refractivity contribution in [2.45, 2.75) is 58.1 Å². The van der Waals surface area contributed by atoms with Crippen molar-refractivity contribution in [3.05, 3.63) is 144 Å². The quantitative estimate of drug-likeness (QED) is 0.0852. The Morgan fingerprint density at radius 3 is 1.94 bits per heavy atom. The zero-order valence-corrected chi connectivity index (χ0v) is 32.2. The lowest BCUT2D eigenvalue weighted by Gasteiger charge is -2.44. The highest BCUT2D eigenvalue weighted by Crippen LogP contribution is 2.39. The predicted octanol–water partition coefficient (Wildman–Crippen LogP) is 9.87. The van der Waals surface area contributed by atoms with Crippen molar-refractivity contribution < 1.29 is 27.8 Å². The normalized spacial score (nSPS) is 13.0. The maximum Gasteiger partial charge on any atom is 0.511 e. The largest absolute Gasteiger partial charge is 0.511 e. The standard InChI is InChI=1S/C43H45FNO5PSi/c1-31(2)42-38(39(32-23-25-34(44)26-24-32)29-40(45-42)33-16-9-6-10-17-33)22-15-27-49-51(48)30-35(28-41(46)47)50-52(43(3,4)5,36-18-11-7-12-19-36)37-20-13-8-14-21-37/h6-26,29,31,35H,27-28,30H2,1-5H3/p+1. The molecule has 2 atom stereocenters. The monoisotopic (exact) mass is 734 g/mol. The van der Waals surface area contributed by atoms with Gasteiger partial charge in [-0.3, -0.25) is 9.78 Å². The van der Waals surface area contributed by atoms with Crippen molar-refractivity contribution >= 4 is 38.8 Å². The highest BCUT2D eigenvalue weighted by Gasteiger charge is 2.52. The molecule has 1 N–H and O–H groups in total. The summed E-state index contributed by atoms with van der Waals surface area (Å²) in [6.45, 7) is 10.5. The Balaban J connectivity index is 1.41. The number of aromatic nitrogens is 1. The first-order valence-electron chi connectivity index (χ1n) is 17.5. The van der Waals surface area contributed by atoms with Crippen LogP contribution in [-0.4, -0.2) is 43.2 Å². The van der Waals surface area contributed by atoms with E-state index in [-0.39, 0.29) is 36.0 Å². The summed E-state index contributed by atoms with van der Waals surface area (Å²) in [4.78, 5) is 17.2. The molecule has 0 aliphatic carbocycles. The van der Waals surface area contributed by atoms with Crippen LogP contribution < -0.4 is 10.4 Å². The molecule has 0 fully saturated rings. The Morgan fingerprint density at radius 2 is 1.42 bits per heavy atom. The Labute approximate surface area is 308 Å². The molecule has 1 heterocycles. The third-order valence-electron chi connectivity index (χ3n) is 8.97. The lowest BCUT2D eigenvalue weighted by molar-refractivity contribution is -0.138. The van der Waals surface area contributed by atoms with Crippen molar-refractivity contribution in [1.29, 1.82) is 0 Å². The predicted molar refractivity (Wildman–Crippen MR) is 211 cm³/mol. The second-order valence-electron chi connectivity index (χ2n) is 14.1. The van der Waals surface area contributed by atoms with E-state index in [0.717, 1.165) is 44.0 Å². The molecule has 1 aromatic heterocycles. The molecule has 0 bridgehead atoms. The van der Waals surface area contributed by atoms with Crippen LogP contribution in [0.4, 0.5) is 4.39 Å². The van der Waals surface area contributed by atoms with E-state index in [1.807, 2.05) is 103 Å². The fraction of sp³-hybridized carbons (Fsp3) is 0.256. The average molecular weight is 735 g/mol. The summed E-state index contributed by atoms with van der Waals surface area (Å²) < 4.78 is 40.4. The van der Waals surface area contributed by atoms with Crippen molar-refractivity contribution in [2.75, 3.05) is 12.8 Å². The van der Waals surface area contributed by atoms with Gasteiger partial charge in [0.15, 0.2) is 0 Å². The first-order valence-corrected chi connectivity index (χ1v) is 20.8. The Morgan fingerprint density at radius 1 is 0.865 bits per heavy atom. The molecule has 52 heavy (non-hydrogen) atoms. The van der Waals surface area contributed by atoms with Crippen molar-refractivity contribution in [1.82, 2.24) is 4.98 Å². The average Bonchev–Trinajstić information content (AvgIpc) is 3.12. The molecule has 5 rings (SSSR count). The number of benzene rings is 4. The number of aliphatic carboxylic acids is 1. The molecule has 0 amide bonds. The summed E-state index contributed by atoms with van der Waals surface area (Å²) >= 11 is 0. The van der Waals surface area contributed by atoms with Gasteiger partial charge in [0.05, 0.1) is 17.8 Å². The molecule has 0 saturated carbocycles. The summed E-state index contributed by atoms with van der Waals surface area (Å²) in [6, 6.07) is 38.2. The third-order valence-corrected chi connectivity index (χ3v) is 15.2. The first kappa shape index (κ1) is 38.6. The van der Waals surface area contributed by atoms with Gasteiger partial charge < -0.3 is 9.53 Å². The minimum atomic E-state index is -3.11. The molecular formula is C43H46FNO5PSi+. The van der Waals surface area contributed by atoms with Gasteiger partial charge in [0.25, 0.3) is 8.32 Å². The molecule has 0 spiro atoms. The summed E-state index contributed by atoms with van der Waals surface area (Å²) in [7, 11) is -5.40. The zero-order chi connectivity index (χ0) is 37.3. The minimum absolute atomic E-state index is 0.0229. The van der Waals surface area contributed by atoms with Gasteiger partial charge in [0.2, 0.25) is 6.16 Å². The van der Waals surface area contributed by atoms with Gasteiger partial charge >= 0.3 is 14.0 Å². The van der Waals surface area contributed by atoms with Crippen molar-refractivity contribution in [2.24, 2.45) is 0 Å². The van der Waals surface area contributed by atoms with Gasteiger partial charge in [0.1, 0.15) is 18.5 Å². The number of rotatable bonds is 15. The lowest BCUT2D eigenvalue weighted by atomic mass is 9.92. The van der Waals surface area contributed by atoms with E-state index in [2.05, 4.69) is 34.6 Å². The van der Waals surface area contributed by atoms with Crippen molar-refractivity contribution in [3.8, 4) is 22.4 Å². The summed E-state index contributed by atoms with van der Waals surface area (Å²) in [5.74, 6) is -1.29. The summed E-state index contributed by atoms with van der Waals surface area (Å²) in [5.41, 5.74) is 5.23. The maximum atomic E-state index is 14.0. The highest BCUT2D eigenvalue weighted by molar-refractivity contribution is 7.39. The zero-order valence-electron chi connectivity index (χ0n) is 30.3. The van der Waals surface area contributed by atoms with Crippen molar-refractivity contribution in [3.63, 3.8) is 0 Å². The van der Waals surface area contributed by atoms with Crippen LogP contribution in [0.5, 0.6) is 0 Å². The summed E-state index contributed by atoms with van der Waals surface area (Å²) in [5, 5.41) is 11.6. The SMILES string of the molecule is CC(C)c1nc(-c2ccccc2)cc(-c2ccc(F)cc2)c1C=CCO[P+](=O)CC(CC(=O)O)O[Si](c1ccccc1)(c1ccccc1)C(C)(C)C. The Hall–Kier alpha value is -4.59. The van der Waals surface area contributed by atoms with E-state index in [1.54, 1.807) is 18.2 Å². The van der Waals surface area contributed by atoms with Crippen LogP contribution in [0.1, 0.15) is 58.2 Å². The van der Waals surface area contributed by atoms with E-state index in [9.17, 15) is 18.9 Å². The van der Waals surface area contributed by atoms with Crippen LogP contribution in [0.3, 0.4) is 0 Å². The Bertz CT molecular complexity index is 1940. The number of hydrogen-bond donors (Lipinski definition) is 1. The topological polar surface area (TPSA) is 85.7 Å². The smallest absolute Gasteiger partial charge is 0.481 e. The van der Waals surface area contributed by atoms with Gasteiger partial charge in [-0.15, -0.1) is 4.52 Å². The van der Waals surface area contributed by atoms with Crippen LogP contribution in [0.2, 0.25) is 5.04 Å². The third kappa shape index (κ3) is 9.25. The van der Waals surface area contributed by atoms with Crippen LogP contribution in [-0.2, 0) is 18.3 Å². The molecule has 0 aliphatic heterocycles. The van der Waals surface area contributed by atoms with Crippen LogP contribution in [0.25, 0.3) is 28.5 Å². The second-order valence-corrected chi connectivity index (χ2v) is 19.6. The highest BCUT2D eigenvalue weighted by atomic mass is 31.1. The van der Waals surface area contributed by atoms with E-state index in [1.165, 1.54) is 12.1 Å². The van der Waals surface area contributed by atoms with E-state index in [4.69, 9.17) is 13.9 Å². The Kier molecular flexibility index (Phi) is 12.8. The van der Waals surface area contributed by atoms with Crippen LogP contribution >= 0.6 is 8.03 Å². The van der Waals surface area contributed by atoms with Gasteiger partial charge in [0, 0.05) is 11.1 Å². The van der Waals surface area contributed by atoms with E-state index >= 15 is 0 Å². The van der Waals surface area contributed by atoms with Gasteiger partial charge in [-0.2, -0.15) is 0 Å². The van der Waals surface area contributed by atoms with Crippen LogP contribution in [0, 0.1) is 5.82 Å². The molecule has 0 radical (unpaired) electrons. The van der Waals surface area contributed by atoms with Crippen LogP contribution in [0.15, 0.2) is 127 Å². The summed E-state index contributed by atoms with van der Waals surface area (Å²) in [6.07, 6.45) is 2.45. The first-order chi connectivity index (χ1) is 24.9. The number of halogens is 1. The molecule has 268 valence electrons. The van der Waals surface area contributed by atoms with Gasteiger partial charge in [-0.1, -0.05) is 150 Å². The molecule has 4 aromatic carbocycles. The van der Waals surface area contributed by atoms with E-state index in [0.29, 0.717) is 0 Å². The molecule has 5 aromatic rings.